The molecule has 1 atom stereocenters. The van der Waals surface area contributed by atoms with Crippen LogP contribution < -0.4 is 9.62 Å². The molecule has 0 fully saturated rings. The van der Waals surface area contributed by atoms with Gasteiger partial charge in [-0.2, -0.15) is 13.2 Å². The lowest BCUT2D eigenvalue weighted by Crippen LogP contribution is -2.51. The lowest BCUT2D eigenvalue weighted by molar-refractivity contribution is -0.139. The predicted octanol–water partition coefficient (Wildman–Crippen LogP) is 3.72. The second-order valence-corrected chi connectivity index (χ2v) is 10.2. The van der Waals surface area contributed by atoms with Gasteiger partial charge in [-0.25, -0.2) is 8.42 Å². The van der Waals surface area contributed by atoms with Crippen LogP contribution in [0.25, 0.3) is 0 Å². The molecule has 192 valence electrons. The molecule has 7 nitrogen and oxygen atoms in total. The molecule has 0 heterocycles. The van der Waals surface area contributed by atoms with Crippen LogP contribution >= 0.6 is 0 Å². The van der Waals surface area contributed by atoms with Gasteiger partial charge in [0.05, 0.1) is 17.5 Å². The molecule has 0 spiro atoms. The molecule has 2 aromatic carbocycles. The molecular formula is C24H30F3N3O4S. The Kier molecular flexibility index (Phi) is 9.31. The largest absolute Gasteiger partial charge is 0.416 e. The van der Waals surface area contributed by atoms with Gasteiger partial charge in [0.15, 0.2) is 0 Å². The van der Waals surface area contributed by atoms with Crippen LogP contribution in [-0.4, -0.2) is 50.5 Å². The summed E-state index contributed by atoms with van der Waals surface area (Å²) >= 11 is 0. The van der Waals surface area contributed by atoms with Crippen LogP contribution in [0.1, 0.15) is 37.0 Å². The molecule has 0 saturated carbocycles. The van der Waals surface area contributed by atoms with E-state index in [2.05, 4.69) is 5.32 Å². The number of nitrogens with one attached hydrogen (secondary N) is 1. The second kappa shape index (κ2) is 11.6. The number of alkyl halides is 3. The third kappa shape index (κ3) is 7.98. The van der Waals surface area contributed by atoms with Crippen LogP contribution in [0.5, 0.6) is 0 Å². The first-order chi connectivity index (χ1) is 16.2. The summed E-state index contributed by atoms with van der Waals surface area (Å²) in [6.45, 7) is 4.91. The van der Waals surface area contributed by atoms with E-state index in [0.29, 0.717) is 23.3 Å². The molecule has 0 saturated heterocycles. The quantitative estimate of drug-likeness (QED) is 0.525. The summed E-state index contributed by atoms with van der Waals surface area (Å²) in [6.07, 6.45) is -3.20. The van der Waals surface area contributed by atoms with Crippen LogP contribution in [0.4, 0.5) is 18.9 Å². The fourth-order valence-corrected chi connectivity index (χ4v) is 4.28. The first-order valence-corrected chi connectivity index (χ1v) is 12.9. The average molecular weight is 514 g/mol. The highest BCUT2D eigenvalue weighted by atomic mass is 32.2. The lowest BCUT2D eigenvalue weighted by atomic mass is 10.1. The summed E-state index contributed by atoms with van der Waals surface area (Å²) in [5.41, 5.74) is 0.312. The van der Waals surface area contributed by atoms with Gasteiger partial charge >= 0.3 is 6.18 Å². The number of hydrogen-bond acceptors (Lipinski definition) is 4. The Morgan fingerprint density at radius 3 is 2.31 bits per heavy atom. The summed E-state index contributed by atoms with van der Waals surface area (Å²) in [4.78, 5) is 27.3. The molecule has 11 heteroatoms. The zero-order valence-corrected chi connectivity index (χ0v) is 20.9. The van der Waals surface area contributed by atoms with E-state index >= 15 is 0 Å². The van der Waals surface area contributed by atoms with Crippen LogP contribution in [0, 0.1) is 6.92 Å². The summed E-state index contributed by atoms with van der Waals surface area (Å²) in [6, 6.07) is 10.1. The fraction of sp³-hybridized carbons (Fsp3) is 0.417. The molecule has 2 rings (SSSR count). The Balaban J connectivity index is 2.43. The SMILES string of the molecule is CCCNC(=O)[C@H](C)N(Cc1cccc(C)c1)C(=O)CN(c1cccc(C(F)(F)F)c1)S(C)(=O)=O. The van der Waals surface area contributed by atoms with Crippen LogP contribution in [0.15, 0.2) is 48.5 Å². The minimum Gasteiger partial charge on any atom is -0.354 e. The van der Waals surface area contributed by atoms with Crippen LogP contribution in [-0.2, 0) is 32.3 Å². The van der Waals surface area contributed by atoms with E-state index in [-0.39, 0.29) is 12.2 Å². The molecule has 0 unspecified atom stereocenters. The van der Waals surface area contributed by atoms with Crippen molar-refractivity contribution in [2.24, 2.45) is 0 Å². The third-order valence-corrected chi connectivity index (χ3v) is 6.43. The number of halogens is 3. The number of anilines is 1. The number of amides is 2. The summed E-state index contributed by atoms with van der Waals surface area (Å²) in [7, 11) is -4.13. The van der Waals surface area contributed by atoms with Crippen molar-refractivity contribution >= 4 is 27.5 Å². The van der Waals surface area contributed by atoms with Gasteiger partial charge in [-0.1, -0.05) is 42.8 Å². The van der Waals surface area contributed by atoms with E-state index < -0.39 is 46.2 Å². The Bertz CT molecular complexity index is 1150. The molecule has 0 aliphatic carbocycles. The third-order valence-electron chi connectivity index (χ3n) is 5.29. The molecule has 1 N–H and O–H groups in total. The predicted molar refractivity (Wildman–Crippen MR) is 128 cm³/mol. The molecule has 35 heavy (non-hydrogen) atoms. The van der Waals surface area contributed by atoms with E-state index in [1.165, 1.54) is 17.9 Å². The Morgan fingerprint density at radius 2 is 1.74 bits per heavy atom. The molecule has 0 aliphatic rings. The van der Waals surface area contributed by atoms with Crippen LogP contribution in [0.2, 0.25) is 0 Å². The molecule has 0 radical (unpaired) electrons. The van der Waals surface area contributed by atoms with Crippen molar-refractivity contribution < 1.29 is 31.2 Å². The minimum atomic E-state index is -4.69. The monoisotopic (exact) mass is 513 g/mol. The Hall–Kier alpha value is -3.08. The van der Waals surface area contributed by atoms with Gasteiger partial charge in [0.25, 0.3) is 0 Å². The maximum atomic E-state index is 13.4. The van der Waals surface area contributed by atoms with Gasteiger partial charge in [-0.15, -0.1) is 0 Å². The van der Waals surface area contributed by atoms with Crippen molar-refractivity contribution in [3.05, 3.63) is 65.2 Å². The molecule has 0 aliphatic heterocycles. The number of hydrogen-bond donors (Lipinski definition) is 1. The minimum absolute atomic E-state index is 0.0153. The standard InChI is InChI=1S/C24H30F3N3O4S/c1-5-12-28-23(32)18(3)29(15-19-9-6-8-17(2)13-19)22(31)16-30(35(4,33)34)21-11-7-10-20(14-21)24(25,26)27/h6-11,13-14,18H,5,12,15-16H2,1-4H3,(H,28,32)/t18-/m0/s1. The first kappa shape index (κ1) is 28.2. The Labute approximate surface area is 204 Å². The van der Waals surface area contributed by atoms with E-state index in [1.807, 2.05) is 26.0 Å². The fourth-order valence-electron chi connectivity index (χ4n) is 3.44. The van der Waals surface area contributed by atoms with Gasteiger partial charge in [0, 0.05) is 13.1 Å². The number of sulfonamides is 1. The van der Waals surface area contributed by atoms with E-state index in [1.54, 1.807) is 12.1 Å². The molecule has 0 bridgehead atoms. The van der Waals surface area contributed by atoms with Crippen LogP contribution in [0.3, 0.4) is 0 Å². The van der Waals surface area contributed by atoms with E-state index in [4.69, 9.17) is 0 Å². The van der Waals surface area contributed by atoms with Crippen molar-refractivity contribution in [2.45, 2.75) is 46.0 Å². The Morgan fingerprint density at radius 1 is 1.09 bits per heavy atom. The van der Waals surface area contributed by atoms with Crippen molar-refractivity contribution in [2.75, 3.05) is 23.7 Å². The zero-order chi connectivity index (χ0) is 26.4. The van der Waals surface area contributed by atoms with Gasteiger partial charge in [-0.3, -0.25) is 13.9 Å². The maximum Gasteiger partial charge on any atom is 0.416 e. The summed E-state index contributed by atoms with van der Waals surface area (Å²) in [5.74, 6) is -1.15. The summed E-state index contributed by atoms with van der Waals surface area (Å²) in [5, 5.41) is 2.71. The molecule has 2 amide bonds. The molecule has 2 aromatic rings. The number of aryl methyl sites for hydroxylation is 1. The van der Waals surface area contributed by atoms with Gasteiger partial charge in [0.1, 0.15) is 12.6 Å². The number of carbonyl (C=O) groups is 2. The average Bonchev–Trinajstić information content (AvgIpc) is 2.77. The lowest BCUT2D eigenvalue weighted by Gasteiger charge is -2.31. The van der Waals surface area contributed by atoms with Crippen molar-refractivity contribution in [1.82, 2.24) is 10.2 Å². The molecular weight excluding hydrogens is 483 g/mol. The number of carbonyl (C=O) groups excluding carboxylic acids is 2. The highest BCUT2D eigenvalue weighted by molar-refractivity contribution is 7.92. The molecule has 0 aromatic heterocycles. The van der Waals surface area contributed by atoms with E-state index in [0.717, 1.165) is 29.5 Å². The zero-order valence-electron chi connectivity index (χ0n) is 20.1. The number of nitrogens with zero attached hydrogens (tertiary/aromatic N) is 2. The number of benzene rings is 2. The first-order valence-electron chi connectivity index (χ1n) is 11.0. The van der Waals surface area contributed by atoms with Gasteiger partial charge in [-0.05, 0) is 44.0 Å². The smallest absolute Gasteiger partial charge is 0.354 e. The van der Waals surface area contributed by atoms with Crippen molar-refractivity contribution in [1.29, 1.82) is 0 Å². The van der Waals surface area contributed by atoms with Gasteiger partial charge in [0.2, 0.25) is 21.8 Å². The number of rotatable bonds is 10. The topological polar surface area (TPSA) is 86.8 Å². The highest BCUT2D eigenvalue weighted by Gasteiger charge is 2.33. The maximum absolute atomic E-state index is 13.4. The van der Waals surface area contributed by atoms with Crippen molar-refractivity contribution in [3.63, 3.8) is 0 Å². The van der Waals surface area contributed by atoms with E-state index in [9.17, 15) is 31.2 Å². The van der Waals surface area contributed by atoms with Gasteiger partial charge < -0.3 is 10.2 Å². The van der Waals surface area contributed by atoms with Crippen molar-refractivity contribution in [3.8, 4) is 0 Å². The second-order valence-electron chi connectivity index (χ2n) is 8.30. The summed E-state index contributed by atoms with van der Waals surface area (Å²) < 4.78 is 65.2. The normalized spacial score (nSPS) is 12.7. The highest BCUT2D eigenvalue weighted by Crippen LogP contribution is 2.32.